The number of benzene rings is 1. The van der Waals surface area contributed by atoms with E-state index in [0.717, 1.165) is 36.8 Å². The number of para-hydroxylation sites is 1. The molecule has 0 radical (unpaired) electrons. The first-order valence-corrected chi connectivity index (χ1v) is 13.5. The molecule has 1 heterocycles. The quantitative estimate of drug-likeness (QED) is 0.183. The van der Waals surface area contributed by atoms with Gasteiger partial charge in [-0.1, -0.05) is 59.1 Å². The highest BCUT2D eigenvalue weighted by Gasteiger charge is 2.31. The number of halogens is 4. The molecule has 1 aromatic rings. The molecule has 1 aromatic carbocycles. The van der Waals surface area contributed by atoms with E-state index >= 15 is 0 Å². The summed E-state index contributed by atoms with van der Waals surface area (Å²) in [7, 11) is 3.50. The average molecular weight is 567 g/mol. The summed E-state index contributed by atoms with van der Waals surface area (Å²) in [6, 6.07) is 9.93. The predicted octanol–water partition coefficient (Wildman–Crippen LogP) is 8.28. The van der Waals surface area contributed by atoms with Crippen LogP contribution in [0.4, 0.5) is 18.9 Å². The minimum Gasteiger partial charge on any atom is -0.387 e. The number of piperidine rings is 1. The lowest BCUT2D eigenvalue weighted by atomic mass is 9.91. The largest absolute Gasteiger partial charge is 0.415 e. The van der Waals surface area contributed by atoms with Crippen LogP contribution in [0.1, 0.15) is 40.5 Å². The van der Waals surface area contributed by atoms with E-state index in [1.807, 2.05) is 85.3 Å². The van der Waals surface area contributed by atoms with E-state index in [0.29, 0.717) is 11.1 Å². The molecule has 0 spiro atoms. The number of thiol groups is 1. The third-order valence-electron chi connectivity index (χ3n) is 4.51. The van der Waals surface area contributed by atoms with Gasteiger partial charge in [0.25, 0.3) is 0 Å². The first kappa shape index (κ1) is 29.7. The number of allylic oxidation sites excluding steroid dienone is 5. The van der Waals surface area contributed by atoms with Crippen molar-refractivity contribution >= 4 is 36.7 Å². The summed E-state index contributed by atoms with van der Waals surface area (Å²) in [6.07, 6.45) is 0.485. The molecule has 0 amide bonds. The van der Waals surface area contributed by atoms with Gasteiger partial charge >= 0.3 is 6.18 Å². The molecule has 174 valence electrons. The minimum atomic E-state index is -4.44. The van der Waals surface area contributed by atoms with Gasteiger partial charge in [0.15, 0.2) is 0 Å². The van der Waals surface area contributed by atoms with Crippen molar-refractivity contribution in [2.75, 3.05) is 11.9 Å². The van der Waals surface area contributed by atoms with Gasteiger partial charge in [0.05, 0.1) is 6.04 Å². The number of anilines is 1. The zero-order chi connectivity index (χ0) is 24.0. The minimum absolute atomic E-state index is 0.0668. The lowest BCUT2D eigenvalue weighted by Gasteiger charge is -2.29. The maximum atomic E-state index is 12.9. The van der Waals surface area contributed by atoms with Crippen molar-refractivity contribution in [3.8, 4) is 0 Å². The van der Waals surface area contributed by atoms with Gasteiger partial charge in [0, 0.05) is 23.5 Å². The third-order valence-corrected chi connectivity index (χ3v) is 4.51. The molecule has 7 heteroatoms. The molecular formula is C24H34F3IN2S. The zero-order valence-corrected chi connectivity index (χ0v) is 21.7. The van der Waals surface area contributed by atoms with E-state index in [2.05, 4.69) is 33.6 Å². The van der Waals surface area contributed by atoms with E-state index in [1.54, 1.807) is 0 Å². The summed E-state index contributed by atoms with van der Waals surface area (Å²) in [5.74, 6) is -0.0995. The molecule has 2 nitrogen and oxygen atoms in total. The maximum Gasteiger partial charge on any atom is 0.415 e. The second-order valence-electron chi connectivity index (χ2n) is 7.03. The molecule has 2 rings (SSSR count). The summed E-state index contributed by atoms with van der Waals surface area (Å²) in [5, 5.41) is 6.84. The Labute approximate surface area is 203 Å². The lowest BCUT2D eigenvalue weighted by molar-refractivity contribution is -0.0878. The van der Waals surface area contributed by atoms with Crippen LogP contribution >= 0.6 is 31.0 Å². The summed E-state index contributed by atoms with van der Waals surface area (Å²) < 4.78 is 38.7. The van der Waals surface area contributed by atoms with Crippen LogP contribution in [-0.4, -0.2) is 18.8 Å². The van der Waals surface area contributed by atoms with E-state index in [9.17, 15) is 13.2 Å². The lowest BCUT2D eigenvalue weighted by Crippen LogP contribution is -2.36. The summed E-state index contributed by atoms with van der Waals surface area (Å²) in [6.45, 7) is 15.7. The van der Waals surface area contributed by atoms with Crippen molar-refractivity contribution in [3.63, 3.8) is 0 Å². The Morgan fingerprint density at radius 2 is 1.77 bits per heavy atom. The van der Waals surface area contributed by atoms with Crippen molar-refractivity contribution in [1.29, 1.82) is 0 Å². The SMILES string of the molecule is C=C(/C=C1\NCCCC1Nc1ccccc1)/C(=C/C(=C)C(F)(F)F)C(C)C.CC.SI. The molecule has 1 aliphatic rings. The van der Waals surface area contributed by atoms with Gasteiger partial charge in [-0.3, -0.25) is 0 Å². The number of rotatable bonds is 6. The molecule has 31 heavy (non-hydrogen) atoms. The van der Waals surface area contributed by atoms with E-state index in [4.69, 9.17) is 0 Å². The van der Waals surface area contributed by atoms with Gasteiger partial charge in [-0.15, -0.1) is 9.80 Å². The van der Waals surface area contributed by atoms with Gasteiger partial charge in [-0.25, -0.2) is 0 Å². The molecule has 1 saturated heterocycles. The molecule has 1 atom stereocenters. The Morgan fingerprint density at radius 1 is 1.19 bits per heavy atom. The van der Waals surface area contributed by atoms with E-state index in [-0.39, 0.29) is 12.0 Å². The summed E-state index contributed by atoms with van der Waals surface area (Å²) in [4.78, 5) is 0. The predicted molar refractivity (Wildman–Crippen MR) is 141 cm³/mol. The Kier molecular flexibility index (Phi) is 14.8. The Hall–Kier alpha value is -1.35. The molecular weight excluding hydrogens is 532 g/mol. The van der Waals surface area contributed by atoms with Crippen molar-refractivity contribution in [2.45, 2.75) is 52.8 Å². The number of hydrogen-bond donors (Lipinski definition) is 3. The monoisotopic (exact) mass is 566 g/mol. The zero-order valence-electron chi connectivity index (χ0n) is 18.7. The van der Waals surface area contributed by atoms with E-state index in [1.165, 1.54) is 0 Å². The average Bonchev–Trinajstić information content (AvgIpc) is 2.75. The molecule has 2 N–H and O–H groups in total. The second kappa shape index (κ2) is 15.5. The van der Waals surface area contributed by atoms with Gasteiger partial charge in [-0.05, 0) is 75.4 Å². The van der Waals surface area contributed by atoms with Crippen LogP contribution in [-0.2, 0) is 0 Å². The highest BCUT2D eigenvalue weighted by Crippen LogP contribution is 2.30. The normalized spacial score (nSPS) is 17.5. The summed E-state index contributed by atoms with van der Waals surface area (Å²) >= 11 is 1.84. The van der Waals surface area contributed by atoms with Gasteiger partial charge < -0.3 is 10.6 Å². The van der Waals surface area contributed by atoms with Gasteiger partial charge in [0.2, 0.25) is 0 Å². The number of alkyl halides is 3. The van der Waals surface area contributed by atoms with Gasteiger partial charge in [0.1, 0.15) is 0 Å². The van der Waals surface area contributed by atoms with Crippen LogP contribution < -0.4 is 10.6 Å². The molecule has 1 unspecified atom stereocenters. The first-order valence-electron chi connectivity index (χ1n) is 10.3. The van der Waals surface area contributed by atoms with Crippen LogP contribution in [0.3, 0.4) is 0 Å². The van der Waals surface area contributed by atoms with Crippen molar-refractivity contribution < 1.29 is 13.2 Å². The Bertz CT molecular complexity index is 741. The van der Waals surface area contributed by atoms with Crippen LogP contribution in [0, 0.1) is 5.92 Å². The van der Waals surface area contributed by atoms with Crippen LogP contribution in [0.2, 0.25) is 0 Å². The molecule has 0 bridgehead atoms. The Morgan fingerprint density at radius 3 is 2.29 bits per heavy atom. The highest BCUT2D eigenvalue weighted by molar-refractivity contribution is 14.2. The molecule has 1 fully saturated rings. The maximum absolute atomic E-state index is 12.9. The van der Waals surface area contributed by atoms with Crippen LogP contribution in [0.15, 0.2) is 78.1 Å². The van der Waals surface area contributed by atoms with Crippen LogP contribution in [0.25, 0.3) is 0 Å². The molecule has 0 aliphatic carbocycles. The molecule has 1 aliphatic heterocycles. The topological polar surface area (TPSA) is 24.1 Å². The summed E-state index contributed by atoms with van der Waals surface area (Å²) in [5.41, 5.74) is 2.20. The number of hydrogen-bond acceptors (Lipinski definition) is 3. The fourth-order valence-corrected chi connectivity index (χ4v) is 3.03. The third kappa shape index (κ3) is 10.7. The number of nitrogens with one attached hydrogen (secondary N) is 2. The first-order chi connectivity index (χ1) is 14.7. The van der Waals surface area contributed by atoms with Crippen molar-refractivity contribution in [2.24, 2.45) is 5.92 Å². The van der Waals surface area contributed by atoms with Crippen molar-refractivity contribution in [3.05, 3.63) is 78.1 Å². The Balaban J connectivity index is 0.00000212. The smallest absolute Gasteiger partial charge is 0.387 e. The van der Waals surface area contributed by atoms with E-state index < -0.39 is 11.7 Å². The second-order valence-corrected chi connectivity index (χ2v) is 7.03. The fraction of sp³-hybridized carbons (Fsp3) is 0.417. The van der Waals surface area contributed by atoms with Crippen LogP contribution in [0.5, 0.6) is 0 Å². The highest BCUT2D eigenvalue weighted by atomic mass is 127. The molecule has 0 saturated carbocycles. The molecule has 0 aromatic heterocycles. The fourth-order valence-electron chi connectivity index (χ4n) is 3.03. The van der Waals surface area contributed by atoms with Crippen molar-refractivity contribution in [1.82, 2.24) is 5.32 Å². The van der Waals surface area contributed by atoms with Gasteiger partial charge in [-0.2, -0.15) is 13.2 Å². The standard InChI is InChI=1S/C22H27F3N2.C2H6.HIS/c1-15(2)19(14-17(4)22(23,24)25)16(3)13-21-20(11-8-12-26-21)27-18-9-6-5-7-10-18;2*1-2/h5-7,9-10,13-15,20,26-27H,3-4,8,11-12H2,1-2H3;1-2H3;2H/b19-14+,21-13-;;.